The highest BCUT2D eigenvalue weighted by atomic mass is 32.2. The molecule has 8 heteroatoms. The molecule has 2 heterocycles. The molecule has 4 unspecified atom stereocenters. The van der Waals surface area contributed by atoms with Gasteiger partial charge in [0.25, 0.3) is 0 Å². The third-order valence-corrected chi connectivity index (χ3v) is 13.0. The molecule has 0 fully saturated rings. The molecule has 1 aromatic carbocycles. The van der Waals surface area contributed by atoms with Crippen molar-refractivity contribution in [2.24, 2.45) is 0 Å². The summed E-state index contributed by atoms with van der Waals surface area (Å²) < 4.78 is 0.954. The van der Waals surface area contributed by atoms with Crippen LogP contribution in [-0.4, -0.2) is 45.1 Å². The quantitative estimate of drug-likeness (QED) is 0.382. The molecule has 154 valence electrons. The predicted octanol–water partition coefficient (Wildman–Crippen LogP) is 6.55. The van der Waals surface area contributed by atoms with Gasteiger partial charge in [-0.15, -0.1) is 47.0 Å². The van der Waals surface area contributed by atoms with Crippen LogP contribution in [0.4, 0.5) is 0 Å². The first-order chi connectivity index (χ1) is 13.7. The second-order valence-corrected chi connectivity index (χ2v) is 13.5. The van der Waals surface area contributed by atoms with E-state index < -0.39 is 0 Å². The van der Waals surface area contributed by atoms with Gasteiger partial charge in [0.15, 0.2) is 0 Å². The fraction of sp³-hybridized carbons (Fsp3) is 0.500. The third kappa shape index (κ3) is 5.90. The topological polar surface area (TPSA) is 40.5 Å². The van der Waals surface area contributed by atoms with Gasteiger partial charge in [-0.3, -0.25) is 0 Å². The second kappa shape index (κ2) is 11.9. The average Bonchev–Trinajstić information content (AvgIpc) is 3.35. The number of hydrogen-bond acceptors (Lipinski definition) is 8. The zero-order chi connectivity index (χ0) is 19.9. The van der Waals surface area contributed by atoms with Gasteiger partial charge in [0, 0.05) is 26.1 Å². The summed E-state index contributed by atoms with van der Waals surface area (Å²) in [7, 11) is 0. The summed E-state index contributed by atoms with van der Waals surface area (Å²) in [5, 5.41) is 23.7. The molecule has 0 amide bonds. The maximum absolute atomic E-state index is 9.18. The monoisotopic (exact) mass is 490 g/mol. The van der Waals surface area contributed by atoms with Gasteiger partial charge in [0.1, 0.15) is 0 Å². The summed E-state index contributed by atoms with van der Waals surface area (Å²) in [6.07, 6.45) is 5.92. The maximum atomic E-state index is 9.18. The van der Waals surface area contributed by atoms with E-state index in [2.05, 4.69) is 47.6 Å². The minimum Gasteiger partial charge on any atom is -0.396 e. The van der Waals surface area contributed by atoms with Crippen molar-refractivity contribution in [2.45, 2.75) is 32.5 Å². The first kappa shape index (κ1) is 23.4. The van der Waals surface area contributed by atoms with Gasteiger partial charge in [-0.1, -0.05) is 24.3 Å². The Labute approximate surface area is 193 Å². The van der Waals surface area contributed by atoms with E-state index >= 15 is 0 Å². The summed E-state index contributed by atoms with van der Waals surface area (Å²) in [4.78, 5) is 2.61. The highest BCUT2D eigenvalue weighted by Gasteiger charge is 2.30. The van der Waals surface area contributed by atoms with Crippen LogP contribution in [0.5, 0.6) is 0 Å². The first-order valence-electron chi connectivity index (χ1n) is 9.09. The molecule has 2 aliphatic heterocycles. The molecule has 28 heavy (non-hydrogen) atoms. The van der Waals surface area contributed by atoms with E-state index in [0.29, 0.717) is 19.7 Å². The Bertz CT molecular complexity index is 631. The molecule has 4 atom stereocenters. The molecule has 0 saturated heterocycles. The summed E-state index contributed by atoms with van der Waals surface area (Å²) in [6, 6.07) is 9.21. The zero-order valence-electron chi connectivity index (χ0n) is 15.9. The fourth-order valence-electron chi connectivity index (χ4n) is 3.10. The average molecular weight is 491 g/mol. The summed E-state index contributed by atoms with van der Waals surface area (Å²) >= 11 is 11.4. The van der Waals surface area contributed by atoms with E-state index in [9.17, 15) is 10.2 Å². The molecular formula is C20H26O2S6. The molecule has 0 aromatic heterocycles. The van der Waals surface area contributed by atoms with Crippen molar-refractivity contribution in [1.82, 2.24) is 0 Å². The van der Waals surface area contributed by atoms with Gasteiger partial charge < -0.3 is 10.2 Å². The lowest BCUT2D eigenvalue weighted by molar-refractivity contribution is 0.301. The predicted molar refractivity (Wildman–Crippen MR) is 136 cm³/mol. The Morgan fingerprint density at radius 3 is 1.50 bits per heavy atom. The second-order valence-electron chi connectivity index (χ2n) is 6.34. The van der Waals surface area contributed by atoms with Crippen LogP contribution in [0.1, 0.15) is 34.5 Å². The van der Waals surface area contributed by atoms with Crippen molar-refractivity contribution in [2.75, 3.05) is 25.7 Å². The maximum Gasteiger partial charge on any atom is 0.0747 e. The molecule has 2 aliphatic rings. The van der Waals surface area contributed by atoms with Gasteiger partial charge in [-0.2, -0.15) is 23.5 Å². The molecule has 0 bridgehead atoms. The minimum atomic E-state index is 0.229. The number of aliphatic hydroxyl groups excluding tert-OH is 2. The van der Waals surface area contributed by atoms with Crippen LogP contribution < -0.4 is 0 Å². The molecule has 0 radical (unpaired) electrons. The molecule has 0 spiro atoms. The number of rotatable bonds is 10. The van der Waals surface area contributed by atoms with Gasteiger partial charge in [-0.25, -0.2) is 0 Å². The van der Waals surface area contributed by atoms with Crippen LogP contribution in [0.3, 0.4) is 0 Å². The van der Waals surface area contributed by atoms with E-state index in [1.54, 1.807) is 0 Å². The number of hydrogen-bond donors (Lipinski definition) is 2. The van der Waals surface area contributed by atoms with Crippen LogP contribution >= 0.6 is 70.6 Å². The zero-order valence-corrected chi connectivity index (χ0v) is 20.8. The van der Waals surface area contributed by atoms with E-state index in [1.807, 2.05) is 70.6 Å². The smallest absolute Gasteiger partial charge is 0.0747 e. The Balaban J connectivity index is 1.65. The van der Waals surface area contributed by atoms with Crippen LogP contribution in [0.15, 0.2) is 44.9 Å². The van der Waals surface area contributed by atoms with Crippen molar-refractivity contribution in [1.29, 1.82) is 0 Å². The highest BCUT2D eigenvalue weighted by Crippen LogP contribution is 2.53. The van der Waals surface area contributed by atoms with Crippen LogP contribution in [0, 0.1) is 0 Å². The van der Waals surface area contributed by atoms with Crippen molar-refractivity contribution in [3.05, 3.63) is 56.0 Å². The SMILES string of the molecule is CSC(c1ccc(C(SC)C2SC=C(CCO)S2)cc1)C1SC=C(CCO)S1. The Morgan fingerprint density at radius 1 is 0.786 bits per heavy atom. The van der Waals surface area contributed by atoms with Crippen LogP contribution in [0.25, 0.3) is 0 Å². The van der Waals surface area contributed by atoms with Crippen molar-refractivity contribution in [3.8, 4) is 0 Å². The van der Waals surface area contributed by atoms with Crippen molar-refractivity contribution >= 4 is 70.6 Å². The van der Waals surface area contributed by atoms with Crippen LogP contribution in [-0.2, 0) is 0 Å². The Hall–Kier alpha value is 0.720. The molecule has 2 N–H and O–H groups in total. The standard InChI is InChI=1S/C20H26O2S6/c1-23-17(19-25-11-15(27-19)7-9-21)13-3-5-14(6-4-13)18(24-2)20-26-12-16(28-20)8-10-22/h3-6,11-12,17-22H,7-10H2,1-2H3. The largest absolute Gasteiger partial charge is 0.396 e. The number of thioether (sulfide) groups is 6. The van der Waals surface area contributed by atoms with E-state index in [1.165, 1.54) is 20.9 Å². The molecule has 0 aliphatic carbocycles. The van der Waals surface area contributed by atoms with E-state index in [4.69, 9.17) is 0 Å². The number of aliphatic hydroxyl groups is 2. The molecule has 0 saturated carbocycles. The van der Waals surface area contributed by atoms with Crippen molar-refractivity contribution in [3.63, 3.8) is 0 Å². The lowest BCUT2D eigenvalue weighted by atomic mass is 10.1. The first-order valence-corrected chi connectivity index (χ1v) is 15.3. The van der Waals surface area contributed by atoms with Gasteiger partial charge in [0.2, 0.25) is 0 Å². The van der Waals surface area contributed by atoms with E-state index in [-0.39, 0.29) is 13.2 Å². The normalized spacial score (nSPS) is 24.1. The van der Waals surface area contributed by atoms with Crippen LogP contribution in [0.2, 0.25) is 0 Å². The minimum absolute atomic E-state index is 0.229. The van der Waals surface area contributed by atoms with Gasteiger partial charge in [-0.05, 0) is 44.3 Å². The molecule has 2 nitrogen and oxygen atoms in total. The summed E-state index contributed by atoms with van der Waals surface area (Å²) in [5.74, 6) is 0. The highest BCUT2D eigenvalue weighted by molar-refractivity contribution is 8.24. The molecular weight excluding hydrogens is 465 g/mol. The lowest BCUT2D eigenvalue weighted by Crippen LogP contribution is -2.09. The summed E-state index contributed by atoms with van der Waals surface area (Å²) in [6.45, 7) is 0.458. The fourth-order valence-corrected chi connectivity index (χ4v) is 11.7. The van der Waals surface area contributed by atoms with E-state index in [0.717, 1.165) is 12.8 Å². The van der Waals surface area contributed by atoms with Gasteiger partial charge in [0.05, 0.1) is 19.7 Å². The third-order valence-electron chi connectivity index (χ3n) is 4.51. The number of benzene rings is 1. The molecule has 3 rings (SSSR count). The Kier molecular flexibility index (Phi) is 9.97. The summed E-state index contributed by atoms with van der Waals surface area (Å²) in [5.41, 5.74) is 2.76. The Morgan fingerprint density at radius 2 is 1.18 bits per heavy atom. The van der Waals surface area contributed by atoms with Gasteiger partial charge >= 0.3 is 0 Å². The lowest BCUT2D eigenvalue weighted by Gasteiger charge is -2.24. The molecule has 1 aromatic rings. The van der Waals surface area contributed by atoms with Crippen molar-refractivity contribution < 1.29 is 10.2 Å².